The van der Waals surface area contributed by atoms with Crippen LogP contribution in [-0.2, 0) is 0 Å². The number of carbonyl (C=O) groups is 1. The first-order valence-corrected chi connectivity index (χ1v) is 11.4. The van der Waals surface area contributed by atoms with Crippen molar-refractivity contribution in [1.82, 2.24) is 9.80 Å². The second-order valence-corrected chi connectivity index (χ2v) is 8.50. The van der Waals surface area contributed by atoms with E-state index in [1.54, 1.807) is 0 Å². The zero-order chi connectivity index (χ0) is 22.3. The number of nitrogens with zero attached hydrogens (tertiary/aromatic N) is 3. The molecule has 2 heterocycles. The molecule has 32 heavy (non-hydrogen) atoms. The molecule has 4 rings (SSSR count). The Balaban J connectivity index is 1.38. The number of carbonyl (C=O) groups excluding carboxylic acids is 1. The summed E-state index contributed by atoms with van der Waals surface area (Å²) in [6, 6.07) is 15.3. The van der Waals surface area contributed by atoms with Crippen molar-refractivity contribution in [2.24, 2.45) is 4.99 Å². The van der Waals surface area contributed by atoms with Gasteiger partial charge in [-0.1, -0.05) is 24.6 Å². The number of nitrogens with one attached hydrogen (secondary N) is 1. The molecule has 0 saturated carbocycles. The standard InChI is InChI=1S/C26H32N4O2/c1-29(2)25-19-27-18-23(25)22-8-4-5-9-24(22)28-26(31)20-10-12-21(13-11-20)32-17-16-30-14-6-3-7-15-30/h4-5,8-13,19H,3,6-7,14-18H2,1-2H3,(H,28,31). The van der Waals surface area contributed by atoms with Crippen LogP contribution in [0.15, 0.2) is 59.2 Å². The topological polar surface area (TPSA) is 57.2 Å². The minimum atomic E-state index is -0.136. The molecule has 0 unspecified atom stereocenters. The lowest BCUT2D eigenvalue weighted by Gasteiger charge is -2.26. The Kier molecular flexibility index (Phi) is 7.22. The summed E-state index contributed by atoms with van der Waals surface area (Å²) < 4.78 is 5.88. The molecule has 6 nitrogen and oxygen atoms in total. The van der Waals surface area contributed by atoms with Crippen molar-refractivity contribution in [2.75, 3.05) is 52.2 Å². The van der Waals surface area contributed by atoms with Crippen molar-refractivity contribution in [3.8, 4) is 5.75 Å². The molecule has 2 aliphatic rings. The number of para-hydroxylation sites is 1. The van der Waals surface area contributed by atoms with Gasteiger partial charge in [0.15, 0.2) is 0 Å². The number of piperidine rings is 1. The van der Waals surface area contributed by atoms with Gasteiger partial charge in [0.1, 0.15) is 12.4 Å². The fourth-order valence-electron chi connectivity index (χ4n) is 4.22. The van der Waals surface area contributed by atoms with Crippen molar-refractivity contribution >= 4 is 23.4 Å². The van der Waals surface area contributed by atoms with Gasteiger partial charge in [-0.2, -0.15) is 0 Å². The number of allylic oxidation sites excluding steroid dienone is 1. The number of anilines is 1. The SMILES string of the molecule is CN(C)C1=C(c2ccccc2NC(=O)c2ccc(OCCN3CCCCC3)cc2)CN=C1. The summed E-state index contributed by atoms with van der Waals surface area (Å²) in [6.07, 6.45) is 5.80. The van der Waals surface area contributed by atoms with E-state index in [9.17, 15) is 4.79 Å². The van der Waals surface area contributed by atoms with E-state index in [1.807, 2.05) is 68.8 Å². The summed E-state index contributed by atoms with van der Waals surface area (Å²) in [7, 11) is 4.01. The lowest BCUT2D eigenvalue weighted by Crippen LogP contribution is -2.33. The molecular formula is C26H32N4O2. The summed E-state index contributed by atoms with van der Waals surface area (Å²) in [5, 5.41) is 3.07. The third kappa shape index (κ3) is 5.37. The average molecular weight is 433 g/mol. The van der Waals surface area contributed by atoms with E-state index in [0.717, 1.165) is 34.8 Å². The van der Waals surface area contributed by atoms with E-state index < -0.39 is 0 Å². The first-order valence-electron chi connectivity index (χ1n) is 11.4. The first kappa shape index (κ1) is 22.1. The van der Waals surface area contributed by atoms with Crippen LogP contribution in [-0.4, -0.2) is 68.8 Å². The predicted molar refractivity (Wildman–Crippen MR) is 131 cm³/mol. The van der Waals surface area contributed by atoms with Crippen LogP contribution in [0.3, 0.4) is 0 Å². The fraction of sp³-hybridized carbons (Fsp3) is 0.385. The number of hydrogen-bond donors (Lipinski definition) is 1. The average Bonchev–Trinajstić information content (AvgIpc) is 3.31. The van der Waals surface area contributed by atoms with Gasteiger partial charge in [-0.05, 0) is 56.3 Å². The van der Waals surface area contributed by atoms with Crippen molar-refractivity contribution in [2.45, 2.75) is 19.3 Å². The van der Waals surface area contributed by atoms with E-state index in [-0.39, 0.29) is 5.91 Å². The quantitative estimate of drug-likeness (QED) is 0.681. The Morgan fingerprint density at radius 2 is 1.81 bits per heavy atom. The fourth-order valence-corrected chi connectivity index (χ4v) is 4.22. The number of likely N-dealkylation sites (tertiary alicyclic amines) is 1. The maximum absolute atomic E-state index is 12.9. The Hall–Kier alpha value is -3.12. The minimum absolute atomic E-state index is 0.136. The van der Waals surface area contributed by atoms with E-state index in [0.29, 0.717) is 18.7 Å². The Bertz CT molecular complexity index is 989. The Morgan fingerprint density at radius 1 is 1.06 bits per heavy atom. The van der Waals surface area contributed by atoms with E-state index in [2.05, 4.69) is 20.1 Å². The van der Waals surface area contributed by atoms with E-state index in [4.69, 9.17) is 4.74 Å². The smallest absolute Gasteiger partial charge is 0.255 e. The highest BCUT2D eigenvalue weighted by atomic mass is 16.5. The number of amides is 1. The Labute approximate surface area is 190 Å². The molecule has 0 spiro atoms. The number of ether oxygens (including phenoxy) is 1. The molecular weight excluding hydrogens is 400 g/mol. The molecule has 1 N–H and O–H groups in total. The summed E-state index contributed by atoms with van der Waals surface area (Å²) in [6.45, 7) is 4.58. The summed E-state index contributed by atoms with van der Waals surface area (Å²) in [5.41, 5.74) is 4.58. The van der Waals surface area contributed by atoms with Gasteiger partial charge >= 0.3 is 0 Å². The summed E-state index contributed by atoms with van der Waals surface area (Å²) in [4.78, 5) is 21.8. The molecule has 2 aromatic rings. The van der Waals surface area contributed by atoms with Crippen LogP contribution in [0.5, 0.6) is 5.75 Å². The second-order valence-electron chi connectivity index (χ2n) is 8.50. The lowest BCUT2D eigenvalue weighted by atomic mass is 10.0. The maximum Gasteiger partial charge on any atom is 0.255 e. The van der Waals surface area contributed by atoms with Gasteiger partial charge in [0.25, 0.3) is 5.91 Å². The zero-order valence-electron chi connectivity index (χ0n) is 19.0. The van der Waals surface area contributed by atoms with E-state index >= 15 is 0 Å². The van der Waals surface area contributed by atoms with Crippen molar-refractivity contribution in [3.63, 3.8) is 0 Å². The van der Waals surface area contributed by atoms with Crippen LogP contribution in [0.2, 0.25) is 0 Å². The van der Waals surface area contributed by atoms with Crippen molar-refractivity contribution in [1.29, 1.82) is 0 Å². The molecule has 1 saturated heterocycles. The number of hydrogen-bond acceptors (Lipinski definition) is 5. The van der Waals surface area contributed by atoms with Gasteiger partial charge in [-0.15, -0.1) is 0 Å². The van der Waals surface area contributed by atoms with Crippen LogP contribution in [0, 0.1) is 0 Å². The van der Waals surface area contributed by atoms with Crippen LogP contribution < -0.4 is 10.1 Å². The molecule has 0 radical (unpaired) electrons. The molecule has 0 atom stereocenters. The van der Waals surface area contributed by atoms with E-state index in [1.165, 1.54) is 32.4 Å². The van der Waals surface area contributed by atoms with Gasteiger partial charge in [-0.25, -0.2) is 0 Å². The molecule has 2 aromatic carbocycles. The number of benzene rings is 2. The largest absolute Gasteiger partial charge is 0.492 e. The van der Waals surface area contributed by atoms with Crippen LogP contribution in [0.4, 0.5) is 5.69 Å². The van der Waals surface area contributed by atoms with Crippen LogP contribution in [0.1, 0.15) is 35.2 Å². The van der Waals surface area contributed by atoms with Gasteiger partial charge in [0.2, 0.25) is 0 Å². The first-order chi connectivity index (χ1) is 15.6. The van der Waals surface area contributed by atoms with Gasteiger partial charge < -0.3 is 15.0 Å². The molecule has 0 aliphatic carbocycles. The Morgan fingerprint density at radius 3 is 2.56 bits per heavy atom. The molecule has 6 heteroatoms. The molecule has 2 aliphatic heterocycles. The maximum atomic E-state index is 12.9. The van der Waals surface area contributed by atoms with Gasteiger partial charge in [0.05, 0.1) is 12.2 Å². The highest BCUT2D eigenvalue weighted by molar-refractivity contribution is 6.07. The lowest BCUT2D eigenvalue weighted by molar-refractivity contribution is 0.102. The highest BCUT2D eigenvalue weighted by Crippen LogP contribution is 2.30. The summed E-state index contributed by atoms with van der Waals surface area (Å²) in [5.74, 6) is 0.658. The highest BCUT2D eigenvalue weighted by Gasteiger charge is 2.18. The molecule has 0 bridgehead atoms. The molecule has 1 fully saturated rings. The predicted octanol–water partition coefficient (Wildman–Crippen LogP) is 4.16. The van der Waals surface area contributed by atoms with Gasteiger partial charge in [-0.3, -0.25) is 14.7 Å². The third-order valence-corrected chi connectivity index (χ3v) is 6.00. The third-order valence-electron chi connectivity index (χ3n) is 6.00. The number of rotatable bonds is 8. The van der Waals surface area contributed by atoms with Crippen molar-refractivity contribution < 1.29 is 9.53 Å². The van der Waals surface area contributed by atoms with Crippen LogP contribution in [0.25, 0.3) is 5.57 Å². The van der Waals surface area contributed by atoms with Gasteiger partial charge in [0, 0.05) is 49.2 Å². The number of aliphatic imine (C=N–C) groups is 1. The zero-order valence-corrected chi connectivity index (χ0v) is 19.0. The monoisotopic (exact) mass is 432 g/mol. The van der Waals surface area contributed by atoms with Crippen LogP contribution >= 0.6 is 0 Å². The molecule has 1 amide bonds. The minimum Gasteiger partial charge on any atom is -0.492 e. The molecule has 0 aromatic heterocycles. The summed E-state index contributed by atoms with van der Waals surface area (Å²) >= 11 is 0. The second kappa shape index (κ2) is 10.5. The normalized spacial score (nSPS) is 16.3. The van der Waals surface area contributed by atoms with Crippen molar-refractivity contribution in [3.05, 3.63) is 65.4 Å². The molecule has 168 valence electrons.